The number of rotatable bonds is 5. The van der Waals surface area contributed by atoms with Crippen molar-refractivity contribution in [1.82, 2.24) is 10.2 Å². The molecule has 0 aliphatic carbocycles. The van der Waals surface area contributed by atoms with E-state index < -0.39 is 0 Å². The van der Waals surface area contributed by atoms with Crippen molar-refractivity contribution >= 4 is 23.3 Å². The number of hydrogen-bond acceptors (Lipinski definition) is 3. The molecule has 0 spiro atoms. The molecule has 1 heterocycles. The van der Waals surface area contributed by atoms with Crippen LogP contribution >= 0.6 is 11.6 Å². The van der Waals surface area contributed by atoms with Crippen molar-refractivity contribution in [1.29, 1.82) is 0 Å². The van der Waals surface area contributed by atoms with Crippen LogP contribution in [0.4, 0.5) is 0 Å². The van der Waals surface area contributed by atoms with Gasteiger partial charge in [0.05, 0.1) is 6.04 Å². The molecule has 120 valence electrons. The van der Waals surface area contributed by atoms with Crippen LogP contribution in [0.2, 0.25) is 5.02 Å². The molecular formula is C17H23ClN2O2. The lowest BCUT2D eigenvalue weighted by Gasteiger charge is -2.33. The van der Waals surface area contributed by atoms with Gasteiger partial charge in [0.2, 0.25) is 5.91 Å². The summed E-state index contributed by atoms with van der Waals surface area (Å²) in [5.41, 5.74) is 1.10. The van der Waals surface area contributed by atoms with Crippen molar-refractivity contribution in [3.8, 4) is 0 Å². The summed E-state index contributed by atoms with van der Waals surface area (Å²) in [6, 6.07) is 7.71. The molecule has 0 saturated carbocycles. The molecule has 0 unspecified atom stereocenters. The van der Waals surface area contributed by atoms with Crippen molar-refractivity contribution in [2.45, 2.75) is 45.2 Å². The van der Waals surface area contributed by atoms with Gasteiger partial charge in [0.25, 0.3) is 0 Å². The van der Waals surface area contributed by atoms with Crippen LogP contribution in [0.3, 0.4) is 0 Å². The Morgan fingerprint density at radius 3 is 2.32 bits per heavy atom. The fraction of sp³-hybridized carbons (Fsp3) is 0.529. The minimum Gasteiger partial charge on any atom is -0.343 e. The molecule has 2 rings (SSSR count). The maximum Gasteiger partial charge on any atom is 0.219 e. The lowest BCUT2D eigenvalue weighted by Crippen LogP contribution is -2.49. The molecule has 0 radical (unpaired) electrons. The van der Waals surface area contributed by atoms with E-state index in [-0.39, 0.29) is 23.8 Å². The van der Waals surface area contributed by atoms with Gasteiger partial charge in [-0.15, -0.1) is 0 Å². The van der Waals surface area contributed by atoms with Crippen LogP contribution in [0.25, 0.3) is 0 Å². The molecule has 0 aromatic heterocycles. The van der Waals surface area contributed by atoms with Gasteiger partial charge in [-0.1, -0.05) is 23.7 Å². The van der Waals surface area contributed by atoms with Crippen molar-refractivity contribution in [3.05, 3.63) is 34.9 Å². The van der Waals surface area contributed by atoms with E-state index in [0.29, 0.717) is 11.4 Å². The Morgan fingerprint density at radius 1 is 1.23 bits per heavy atom. The van der Waals surface area contributed by atoms with Crippen LogP contribution in [-0.4, -0.2) is 41.8 Å². The third kappa shape index (κ3) is 4.82. The summed E-state index contributed by atoms with van der Waals surface area (Å²) in [7, 11) is 0. The maximum atomic E-state index is 11.9. The highest BCUT2D eigenvalue weighted by molar-refractivity contribution is 6.30. The molecule has 22 heavy (non-hydrogen) atoms. The highest BCUT2D eigenvalue weighted by Crippen LogP contribution is 2.14. The topological polar surface area (TPSA) is 49.4 Å². The standard InChI is InChI=1S/C17H23ClN2O2/c1-12(21)17(11-14-3-5-15(18)6-4-14)19-16-7-9-20(10-8-16)13(2)22/h3-6,16-17,19H,7-11H2,1-2H3/t17-/m1/s1. The Bertz CT molecular complexity index is 522. The van der Waals surface area contributed by atoms with Crippen LogP contribution in [-0.2, 0) is 16.0 Å². The summed E-state index contributed by atoms with van der Waals surface area (Å²) in [6.07, 6.45) is 2.45. The monoisotopic (exact) mass is 322 g/mol. The number of hydrogen-bond donors (Lipinski definition) is 1. The van der Waals surface area contributed by atoms with Crippen molar-refractivity contribution in [2.24, 2.45) is 0 Å². The van der Waals surface area contributed by atoms with E-state index in [1.54, 1.807) is 13.8 Å². The fourth-order valence-corrected chi connectivity index (χ4v) is 2.95. The molecule has 1 aliphatic heterocycles. The fourth-order valence-electron chi connectivity index (χ4n) is 2.82. The van der Waals surface area contributed by atoms with Gasteiger partial charge in [-0.05, 0) is 43.9 Å². The van der Waals surface area contributed by atoms with Crippen LogP contribution in [0.1, 0.15) is 32.3 Å². The quantitative estimate of drug-likeness (QED) is 0.906. The van der Waals surface area contributed by atoms with Gasteiger partial charge in [0.15, 0.2) is 0 Å². The van der Waals surface area contributed by atoms with Gasteiger partial charge in [-0.2, -0.15) is 0 Å². The van der Waals surface area contributed by atoms with Gasteiger partial charge >= 0.3 is 0 Å². The first-order valence-electron chi connectivity index (χ1n) is 7.72. The highest BCUT2D eigenvalue weighted by Gasteiger charge is 2.24. The normalized spacial score (nSPS) is 17.3. The number of carbonyl (C=O) groups is 2. The van der Waals surface area contributed by atoms with Crippen molar-refractivity contribution in [3.63, 3.8) is 0 Å². The molecule has 4 nitrogen and oxygen atoms in total. The van der Waals surface area contributed by atoms with Gasteiger partial charge in [0, 0.05) is 31.1 Å². The Hall–Kier alpha value is -1.39. The predicted molar refractivity (Wildman–Crippen MR) is 88.0 cm³/mol. The van der Waals surface area contributed by atoms with Gasteiger partial charge in [-0.3, -0.25) is 9.59 Å². The minimum atomic E-state index is -0.185. The molecule has 1 aromatic rings. The van der Waals surface area contributed by atoms with E-state index in [4.69, 9.17) is 11.6 Å². The number of Topliss-reactive ketones (excluding diaryl/α,β-unsaturated/α-hetero) is 1. The average Bonchev–Trinajstić information content (AvgIpc) is 2.49. The maximum absolute atomic E-state index is 11.9. The van der Waals surface area contributed by atoms with E-state index in [1.165, 1.54) is 0 Å². The molecule has 5 heteroatoms. The zero-order valence-corrected chi connectivity index (χ0v) is 13.9. The number of nitrogens with zero attached hydrogens (tertiary/aromatic N) is 1. The van der Waals surface area contributed by atoms with Crippen LogP contribution in [0.5, 0.6) is 0 Å². The number of benzene rings is 1. The Kier molecular flexibility index (Phi) is 5.98. The number of halogens is 1. The van der Waals surface area contributed by atoms with Crippen molar-refractivity contribution < 1.29 is 9.59 Å². The third-order valence-corrected chi connectivity index (χ3v) is 4.47. The first-order valence-corrected chi connectivity index (χ1v) is 8.10. The predicted octanol–water partition coefficient (Wildman–Crippen LogP) is 2.44. The summed E-state index contributed by atoms with van der Waals surface area (Å²) in [6.45, 7) is 4.75. The Labute approximate surface area is 136 Å². The number of carbonyl (C=O) groups excluding carboxylic acids is 2. The molecule has 1 fully saturated rings. The first kappa shape index (κ1) is 17.0. The lowest BCUT2D eigenvalue weighted by molar-refractivity contribution is -0.130. The number of likely N-dealkylation sites (tertiary alicyclic amines) is 1. The van der Waals surface area contributed by atoms with Crippen LogP contribution < -0.4 is 5.32 Å². The molecule has 1 aromatic carbocycles. The molecule has 1 atom stereocenters. The van der Waals surface area contributed by atoms with E-state index in [2.05, 4.69) is 5.32 Å². The van der Waals surface area contributed by atoms with Gasteiger partial charge in [0.1, 0.15) is 5.78 Å². The molecule has 1 N–H and O–H groups in total. The van der Waals surface area contributed by atoms with Crippen LogP contribution in [0, 0.1) is 0 Å². The summed E-state index contributed by atoms with van der Waals surface area (Å²) in [5, 5.41) is 4.16. The van der Waals surface area contributed by atoms with E-state index in [9.17, 15) is 9.59 Å². The summed E-state index contributed by atoms with van der Waals surface area (Å²) in [4.78, 5) is 25.1. The molecular weight excluding hydrogens is 300 g/mol. The summed E-state index contributed by atoms with van der Waals surface area (Å²) in [5.74, 6) is 0.270. The van der Waals surface area contributed by atoms with Gasteiger partial charge < -0.3 is 10.2 Å². The zero-order valence-electron chi connectivity index (χ0n) is 13.1. The van der Waals surface area contributed by atoms with E-state index in [0.717, 1.165) is 31.5 Å². The lowest BCUT2D eigenvalue weighted by atomic mass is 9.99. The van der Waals surface area contributed by atoms with Crippen LogP contribution in [0.15, 0.2) is 24.3 Å². The number of ketones is 1. The average molecular weight is 323 g/mol. The summed E-state index contributed by atoms with van der Waals surface area (Å²) >= 11 is 5.89. The Morgan fingerprint density at radius 2 is 1.82 bits per heavy atom. The molecule has 1 amide bonds. The molecule has 1 aliphatic rings. The second-order valence-electron chi connectivity index (χ2n) is 5.94. The van der Waals surface area contributed by atoms with E-state index in [1.807, 2.05) is 29.2 Å². The number of piperidine rings is 1. The second-order valence-corrected chi connectivity index (χ2v) is 6.38. The zero-order chi connectivity index (χ0) is 16.1. The van der Waals surface area contributed by atoms with Gasteiger partial charge in [-0.25, -0.2) is 0 Å². The largest absolute Gasteiger partial charge is 0.343 e. The smallest absolute Gasteiger partial charge is 0.219 e. The third-order valence-electron chi connectivity index (χ3n) is 4.22. The Balaban J connectivity index is 1.91. The van der Waals surface area contributed by atoms with E-state index >= 15 is 0 Å². The highest BCUT2D eigenvalue weighted by atomic mass is 35.5. The molecule has 0 bridgehead atoms. The minimum absolute atomic E-state index is 0.128. The first-order chi connectivity index (χ1) is 10.5. The number of nitrogens with one attached hydrogen (secondary N) is 1. The van der Waals surface area contributed by atoms with Crippen molar-refractivity contribution in [2.75, 3.05) is 13.1 Å². The number of amides is 1. The second kappa shape index (κ2) is 7.75. The SMILES string of the molecule is CC(=O)[C@@H](Cc1ccc(Cl)cc1)NC1CCN(C(C)=O)CC1. The summed E-state index contributed by atoms with van der Waals surface area (Å²) < 4.78 is 0. The molecule has 1 saturated heterocycles.